The minimum absolute atomic E-state index is 0.00395. The lowest BCUT2D eigenvalue weighted by atomic mass is 9.50. The Labute approximate surface area is 187 Å². The number of pyridine rings is 1. The van der Waals surface area contributed by atoms with E-state index >= 15 is 0 Å². The van der Waals surface area contributed by atoms with Gasteiger partial charge in [-0.3, -0.25) is 9.59 Å². The number of carboxylic acid groups (broad SMARTS) is 1. The average molecular weight is 457 g/mol. The maximum absolute atomic E-state index is 13.0. The molecule has 172 valence electrons. The SMILES string of the molecule is O=C(N[C@H]1CC2(C1)C[C@H](C(=O)O)C2)c1cnn2cccc(Cc3ccc(C(F)(F)F)cc3)c12. The van der Waals surface area contributed by atoms with E-state index in [2.05, 4.69) is 10.4 Å². The molecule has 0 saturated heterocycles. The molecular formula is C24H22F3N3O3. The number of benzene rings is 1. The summed E-state index contributed by atoms with van der Waals surface area (Å²) in [5, 5.41) is 16.4. The van der Waals surface area contributed by atoms with Gasteiger partial charge in [0.2, 0.25) is 0 Å². The van der Waals surface area contributed by atoms with E-state index < -0.39 is 17.7 Å². The monoisotopic (exact) mass is 457 g/mol. The molecule has 1 spiro atoms. The first-order valence-corrected chi connectivity index (χ1v) is 10.8. The molecule has 0 radical (unpaired) electrons. The van der Waals surface area contributed by atoms with Crippen molar-refractivity contribution in [2.45, 2.75) is 44.3 Å². The van der Waals surface area contributed by atoms with Crippen molar-refractivity contribution in [3.63, 3.8) is 0 Å². The van der Waals surface area contributed by atoms with Crippen molar-refractivity contribution >= 4 is 17.4 Å². The number of hydrogen-bond acceptors (Lipinski definition) is 3. The molecule has 2 saturated carbocycles. The van der Waals surface area contributed by atoms with Crippen molar-refractivity contribution in [3.8, 4) is 0 Å². The Morgan fingerprint density at radius 1 is 1.12 bits per heavy atom. The average Bonchev–Trinajstić information content (AvgIpc) is 3.13. The molecule has 5 rings (SSSR count). The first-order valence-electron chi connectivity index (χ1n) is 10.8. The van der Waals surface area contributed by atoms with Crippen LogP contribution in [-0.4, -0.2) is 32.6 Å². The Morgan fingerprint density at radius 3 is 2.45 bits per heavy atom. The van der Waals surface area contributed by atoms with E-state index in [9.17, 15) is 22.8 Å². The molecule has 0 atom stereocenters. The first kappa shape index (κ1) is 21.5. The quantitative estimate of drug-likeness (QED) is 0.598. The summed E-state index contributed by atoms with van der Waals surface area (Å²) in [4.78, 5) is 24.0. The second-order valence-corrected chi connectivity index (χ2v) is 9.28. The van der Waals surface area contributed by atoms with Gasteiger partial charge in [-0.05, 0) is 66.8 Å². The van der Waals surface area contributed by atoms with Gasteiger partial charge in [0.25, 0.3) is 5.91 Å². The minimum Gasteiger partial charge on any atom is -0.481 e. The molecule has 2 aliphatic rings. The summed E-state index contributed by atoms with van der Waals surface area (Å²) in [7, 11) is 0. The van der Waals surface area contributed by atoms with Crippen LogP contribution >= 0.6 is 0 Å². The van der Waals surface area contributed by atoms with Crippen LogP contribution in [0.5, 0.6) is 0 Å². The first-order chi connectivity index (χ1) is 15.6. The molecule has 3 aromatic rings. The summed E-state index contributed by atoms with van der Waals surface area (Å²) < 4.78 is 40.1. The molecule has 2 fully saturated rings. The van der Waals surface area contributed by atoms with E-state index in [1.165, 1.54) is 18.3 Å². The third-order valence-corrected chi connectivity index (χ3v) is 6.95. The Bertz CT molecular complexity index is 1220. The van der Waals surface area contributed by atoms with Crippen LogP contribution < -0.4 is 5.32 Å². The zero-order valence-electron chi connectivity index (χ0n) is 17.6. The molecule has 0 bridgehead atoms. The number of hydrogen-bond donors (Lipinski definition) is 2. The molecule has 0 aliphatic heterocycles. The van der Waals surface area contributed by atoms with E-state index in [0.29, 0.717) is 35.9 Å². The van der Waals surface area contributed by atoms with Gasteiger partial charge in [0, 0.05) is 12.2 Å². The minimum atomic E-state index is -4.39. The van der Waals surface area contributed by atoms with Crippen LogP contribution in [0.15, 0.2) is 48.8 Å². The van der Waals surface area contributed by atoms with Crippen molar-refractivity contribution in [3.05, 3.63) is 71.0 Å². The Morgan fingerprint density at radius 2 is 1.82 bits per heavy atom. The van der Waals surface area contributed by atoms with Crippen molar-refractivity contribution in [2.24, 2.45) is 11.3 Å². The smallest absolute Gasteiger partial charge is 0.416 e. The molecule has 2 aliphatic carbocycles. The molecule has 1 amide bonds. The van der Waals surface area contributed by atoms with E-state index in [4.69, 9.17) is 5.11 Å². The Hall–Kier alpha value is -3.36. The van der Waals surface area contributed by atoms with Crippen LogP contribution in [0.3, 0.4) is 0 Å². The van der Waals surface area contributed by atoms with Gasteiger partial charge < -0.3 is 10.4 Å². The lowest BCUT2D eigenvalue weighted by molar-refractivity contribution is -0.155. The highest BCUT2D eigenvalue weighted by molar-refractivity contribution is 6.01. The fraction of sp³-hybridized carbons (Fsp3) is 0.375. The summed E-state index contributed by atoms with van der Waals surface area (Å²) in [6.07, 6.45) is 2.09. The number of carbonyl (C=O) groups excluding carboxylic acids is 1. The third kappa shape index (κ3) is 3.96. The molecule has 1 aromatic carbocycles. The maximum atomic E-state index is 13.0. The Kier molecular flexibility index (Phi) is 4.95. The van der Waals surface area contributed by atoms with Gasteiger partial charge in [-0.15, -0.1) is 0 Å². The second-order valence-electron chi connectivity index (χ2n) is 9.28. The maximum Gasteiger partial charge on any atom is 0.416 e. The van der Waals surface area contributed by atoms with E-state index in [1.807, 2.05) is 6.07 Å². The van der Waals surface area contributed by atoms with Crippen LogP contribution in [0.1, 0.15) is 52.7 Å². The normalized spacial score (nSPS) is 24.3. The van der Waals surface area contributed by atoms with Gasteiger partial charge in [-0.2, -0.15) is 18.3 Å². The second kappa shape index (κ2) is 7.60. The Balaban J connectivity index is 1.30. The van der Waals surface area contributed by atoms with Crippen molar-refractivity contribution in [2.75, 3.05) is 0 Å². The molecule has 0 unspecified atom stereocenters. The topological polar surface area (TPSA) is 83.7 Å². The number of carbonyl (C=O) groups is 2. The summed E-state index contributed by atoms with van der Waals surface area (Å²) in [6, 6.07) is 8.63. The zero-order chi connectivity index (χ0) is 23.4. The number of carboxylic acids is 1. The molecule has 33 heavy (non-hydrogen) atoms. The van der Waals surface area contributed by atoms with Gasteiger partial charge in [-0.25, -0.2) is 4.52 Å². The number of nitrogens with one attached hydrogen (secondary N) is 1. The number of nitrogens with zero attached hydrogens (tertiary/aromatic N) is 2. The fourth-order valence-corrected chi connectivity index (χ4v) is 5.30. The third-order valence-electron chi connectivity index (χ3n) is 6.95. The van der Waals surface area contributed by atoms with Crippen LogP contribution in [-0.2, 0) is 17.4 Å². The van der Waals surface area contributed by atoms with Crippen LogP contribution in [0.2, 0.25) is 0 Å². The van der Waals surface area contributed by atoms with Gasteiger partial charge in [0.15, 0.2) is 0 Å². The molecule has 6 nitrogen and oxygen atoms in total. The number of amides is 1. The number of rotatable bonds is 5. The summed E-state index contributed by atoms with van der Waals surface area (Å²) in [6.45, 7) is 0. The van der Waals surface area contributed by atoms with E-state index in [0.717, 1.165) is 30.5 Å². The molecule has 2 aromatic heterocycles. The molecule has 2 N–H and O–H groups in total. The largest absolute Gasteiger partial charge is 0.481 e. The summed E-state index contributed by atoms with van der Waals surface area (Å²) in [5.41, 5.74) is 1.87. The standard InChI is InChI=1S/C24H22F3N3O3/c25-24(26,27)17-5-3-14(4-6-17)8-15-2-1-7-30-20(15)19(13-28-30)21(31)29-18-11-23(12-18)9-16(10-23)22(32)33/h1-7,13,16,18H,8-12H2,(H,29,31)(H,32,33)/t16-,18-,23?. The highest BCUT2D eigenvalue weighted by Crippen LogP contribution is 2.58. The van der Waals surface area contributed by atoms with Crippen molar-refractivity contribution < 1.29 is 27.9 Å². The molecular weight excluding hydrogens is 435 g/mol. The number of alkyl halides is 3. The number of fused-ring (bicyclic) bond motifs is 1. The van der Waals surface area contributed by atoms with E-state index in [-0.39, 0.29) is 23.3 Å². The van der Waals surface area contributed by atoms with Gasteiger partial charge in [0.05, 0.1) is 28.8 Å². The van der Waals surface area contributed by atoms with E-state index in [1.54, 1.807) is 16.8 Å². The predicted molar refractivity (Wildman–Crippen MR) is 113 cm³/mol. The van der Waals surface area contributed by atoms with Crippen molar-refractivity contribution in [1.29, 1.82) is 0 Å². The van der Waals surface area contributed by atoms with Crippen LogP contribution in [0.4, 0.5) is 13.2 Å². The highest BCUT2D eigenvalue weighted by Gasteiger charge is 2.55. The number of aromatic nitrogens is 2. The van der Waals surface area contributed by atoms with Gasteiger partial charge >= 0.3 is 12.1 Å². The van der Waals surface area contributed by atoms with Gasteiger partial charge in [0.1, 0.15) is 0 Å². The summed E-state index contributed by atoms with van der Waals surface area (Å²) in [5.74, 6) is -1.27. The lowest BCUT2D eigenvalue weighted by Crippen LogP contribution is -2.57. The molecule has 2 heterocycles. The van der Waals surface area contributed by atoms with Crippen LogP contribution in [0.25, 0.3) is 5.52 Å². The van der Waals surface area contributed by atoms with Gasteiger partial charge in [-0.1, -0.05) is 18.2 Å². The number of halogens is 3. The number of aliphatic carboxylic acids is 1. The lowest BCUT2D eigenvalue weighted by Gasteiger charge is -2.56. The summed E-state index contributed by atoms with van der Waals surface area (Å²) >= 11 is 0. The van der Waals surface area contributed by atoms with Crippen molar-refractivity contribution in [1.82, 2.24) is 14.9 Å². The fourth-order valence-electron chi connectivity index (χ4n) is 5.30. The van der Waals surface area contributed by atoms with Crippen LogP contribution in [0, 0.1) is 11.3 Å². The molecule has 9 heteroatoms. The highest BCUT2D eigenvalue weighted by atomic mass is 19.4. The zero-order valence-corrected chi connectivity index (χ0v) is 17.6. The predicted octanol–water partition coefficient (Wildman–Crippen LogP) is 4.32.